The average Bonchev–Trinajstić information content (AvgIpc) is 2.60. The summed E-state index contributed by atoms with van der Waals surface area (Å²) in [5.41, 5.74) is 0.995. The standard InChI is InChI=1S/C19H28N2O5/c1-16(22)26-15-19(23)20-9-6-12-25-18-8-5-7-17(13-18)14-21(24)10-3-2-4-11-21/h5,7-8,13H,2-4,6,9-12,14-15H2,1H3,(H,20,23). The molecule has 7 heteroatoms. The number of rotatable bonds is 9. The molecule has 0 bridgehead atoms. The highest BCUT2D eigenvalue weighted by molar-refractivity contribution is 5.79. The van der Waals surface area contributed by atoms with Crippen LogP contribution in [0.1, 0.15) is 38.2 Å². The number of hydroxylamine groups is 3. The molecule has 2 rings (SSSR count). The number of benzene rings is 1. The summed E-state index contributed by atoms with van der Waals surface area (Å²) < 4.78 is 10.2. The fourth-order valence-electron chi connectivity index (χ4n) is 3.02. The van der Waals surface area contributed by atoms with Crippen LogP contribution in [0.3, 0.4) is 0 Å². The second-order valence-corrected chi connectivity index (χ2v) is 6.70. The molecule has 0 saturated carbocycles. The molecule has 1 aliphatic heterocycles. The number of carbonyl (C=O) groups excluding carboxylic acids is 2. The molecule has 0 unspecified atom stereocenters. The van der Waals surface area contributed by atoms with Crippen LogP contribution in [0.2, 0.25) is 0 Å². The molecule has 1 N–H and O–H groups in total. The van der Waals surface area contributed by atoms with E-state index in [0.717, 1.165) is 30.6 Å². The summed E-state index contributed by atoms with van der Waals surface area (Å²) in [5, 5.41) is 15.3. The van der Waals surface area contributed by atoms with Gasteiger partial charge in [0.25, 0.3) is 5.91 Å². The maximum atomic E-state index is 12.7. The van der Waals surface area contributed by atoms with E-state index in [1.807, 2.05) is 24.3 Å². The van der Waals surface area contributed by atoms with Gasteiger partial charge in [-0.05, 0) is 37.8 Å². The van der Waals surface area contributed by atoms with Crippen LogP contribution >= 0.6 is 0 Å². The van der Waals surface area contributed by atoms with Crippen molar-refractivity contribution in [3.05, 3.63) is 35.0 Å². The summed E-state index contributed by atoms with van der Waals surface area (Å²) in [6.07, 6.45) is 3.80. The number of likely N-dealkylation sites (tertiary alicyclic amines) is 1. The second-order valence-electron chi connectivity index (χ2n) is 6.70. The Bertz CT molecular complexity index is 599. The van der Waals surface area contributed by atoms with Crippen LogP contribution in [0.5, 0.6) is 5.75 Å². The molecule has 1 aliphatic rings. The van der Waals surface area contributed by atoms with Crippen molar-refractivity contribution in [2.75, 3.05) is 32.8 Å². The van der Waals surface area contributed by atoms with Crippen LogP contribution in [0, 0.1) is 5.21 Å². The summed E-state index contributed by atoms with van der Waals surface area (Å²) in [6, 6.07) is 7.66. The lowest BCUT2D eigenvalue weighted by Crippen LogP contribution is -2.45. The topological polar surface area (TPSA) is 87.7 Å². The highest BCUT2D eigenvalue weighted by atomic mass is 16.5. The van der Waals surface area contributed by atoms with E-state index in [9.17, 15) is 14.8 Å². The number of nitrogens with one attached hydrogen (secondary N) is 1. The molecule has 0 spiro atoms. The summed E-state index contributed by atoms with van der Waals surface area (Å²) in [6.45, 7) is 3.78. The number of piperidine rings is 1. The van der Waals surface area contributed by atoms with Crippen molar-refractivity contribution < 1.29 is 23.7 Å². The van der Waals surface area contributed by atoms with Gasteiger partial charge in [0.05, 0.1) is 19.7 Å². The largest absolute Gasteiger partial charge is 0.633 e. The van der Waals surface area contributed by atoms with Gasteiger partial charge in [0, 0.05) is 19.0 Å². The van der Waals surface area contributed by atoms with E-state index < -0.39 is 5.97 Å². The smallest absolute Gasteiger partial charge is 0.303 e. The Morgan fingerprint density at radius 2 is 2.00 bits per heavy atom. The Balaban J connectivity index is 1.68. The van der Waals surface area contributed by atoms with Crippen molar-refractivity contribution in [2.24, 2.45) is 0 Å². The third-order valence-corrected chi connectivity index (χ3v) is 4.32. The van der Waals surface area contributed by atoms with Gasteiger partial charge in [-0.2, -0.15) is 0 Å². The highest BCUT2D eigenvalue weighted by Crippen LogP contribution is 2.23. The molecule has 0 aliphatic carbocycles. The van der Waals surface area contributed by atoms with Crippen LogP contribution in [-0.4, -0.2) is 49.4 Å². The molecule has 0 atom stereocenters. The third kappa shape index (κ3) is 7.41. The molecule has 1 amide bonds. The molecular formula is C19H28N2O5. The molecule has 26 heavy (non-hydrogen) atoms. The number of hydrogen-bond donors (Lipinski definition) is 1. The van der Waals surface area contributed by atoms with E-state index in [4.69, 9.17) is 4.74 Å². The minimum absolute atomic E-state index is 0.141. The summed E-state index contributed by atoms with van der Waals surface area (Å²) in [4.78, 5) is 22.0. The van der Waals surface area contributed by atoms with Gasteiger partial charge in [-0.25, -0.2) is 0 Å². The van der Waals surface area contributed by atoms with Crippen molar-refractivity contribution in [1.29, 1.82) is 0 Å². The molecule has 0 aromatic heterocycles. The normalized spacial score (nSPS) is 15.9. The minimum atomic E-state index is -0.477. The lowest BCUT2D eigenvalue weighted by atomic mass is 10.1. The van der Waals surface area contributed by atoms with Gasteiger partial charge < -0.3 is 24.6 Å². The molecule has 7 nitrogen and oxygen atoms in total. The van der Waals surface area contributed by atoms with Gasteiger partial charge in [0.2, 0.25) is 0 Å². The predicted octanol–water partition coefficient (Wildman–Crippen LogP) is 2.13. The van der Waals surface area contributed by atoms with Crippen LogP contribution in [0.15, 0.2) is 24.3 Å². The van der Waals surface area contributed by atoms with Crippen molar-refractivity contribution in [2.45, 2.75) is 39.2 Å². The zero-order chi connectivity index (χ0) is 18.8. The highest BCUT2D eigenvalue weighted by Gasteiger charge is 2.21. The van der Waals surface area contributed by atoms with Gasteiger partial charge in [-0.3, -0.25) is 9.59 Å². The Morgan fingerprint density at radius 3 is 2.73 bits per heavy atom. The molecule has 1 saturated heterocycles. The monoisotopic (exact) mass is 364 g/mol. The first-order chi connectivity index (χ1) is 12.5. The summed E-state index contributed by atoms with van der Waals surface area (Å²) >= 11 is 0. The first-order valence-electron chi connectivity index (χ1n) is 9.16. The van der Waals surface area contributed by atoms with Gasteiger partial charge in [0.1, 0.15) is 12.3 Å². The number of amides is 1. The fraction of sp³-hybridized carbons (Fsp3) is 0.579. The number of nitrogens with zero attached hydrogens (tertiary/aromatic N) is 1. The Kier molecular flexibility index (Phi) is 7.87. The molecule has 1 fully saturated rings. The predicted molar refractivity (Wildman–Crippen MR) is 97.1 cm³/mol. The van der Waals surface area contributed by atoms with E-state index in [2.05, 4.69) is 10.1 Å². The molecular weight excluding hydrogens is 336 g/mol. The quantitative estimate of drug-likeness (QED) is 0.314. The lowest BCUT2D eigenvalue weighted by molar-refractivity contribution is -0.898. The SMILES string of the molecule is CC(=O)OCC(=O)NCCCOc1cccc(C[N+]2([O-])CCCCC2)c1. The second kappa shape index (κ2) is 10.1. The van der Waals surface area contributed by atoms with Gasteiger partial charge in [-0.15, -0.1) is 0 Å². The summed E-state index contributed by atoms with van der Waals surface area (Å²) in [5.74, 6) is -0.0689. The van der Waals surface area contributed by atoms with E-state index in [-0.39, 0.29) is 17.2 Å². The molecule has 1 aromatic carbocycles. The van der Waals surface area contributed by atoms with E-state index in [1.165, 1.54) is 6.92 Å². The lowest BCUT2D eigenvalue weighted by Gasteiger charge is -2.45. The first kappa shape index (κ1) is 20.2. The van der Waals surface area contributed by atoms with Crippen molar-refractivity contribution in [3.63, 3.8) is 0 Å². The van der Waals surface area contributed by atoms with Crippen molar-refractivity contribution >= 4 is 11.9 Å². The van der Waals surface area contributed by atoms with Gasteiger partial charge >= 0.3 is 5.97 Å². The summed E-state index contributed by atoms with van der Waals surface area (Å²) in [7, 11) is 0. The maximum Gasteiger partial charge on any atom is 0.303 e. The van der Waals surface area contributed by atoms with Crippen LogP contribution in [0.25, 0.3) is 0 Å². The molecule has 1 aromatic rings. The number of hydrogen-bond acceptors (Lipinski definition) is 5. The fourth-order valence-corrected chi connectivity index (χ4v) is 3.02. The zero-order valence-electron chi connectivity index (χ0n) is 15.4. The maximum absolute atomic E-state index is 12.7. The van der Waals surface area contributed by atoms with Gasteiger partial charge in [-0.1, -0.05) is 12.1 Å². The Hall–Kier alpha value is -2.12. The molecule has 0 radical (unpaired) electrons. The Morgan fingerprint density at radius 1 is 1.23 bits per heavy atom. The number of ether oxygens (including phenoxy) is 2. The zero-order valence-corrected chi connectivity index (χ0v) is 15.4. The van der Waals surface area contributed by atoms with Crippen LogP contribution < -0.4 is 10.1 Å². The first-order valence-corrected chi connectivity index (χ1v) is 9.16. The third-order valence-electron chi connectivity index (χ3n) is 4.32. The van der Waals surface area contributed by atoms with Crippen LogP contribution in [-0.2, 0) is 20.9 Å². The number of esters is 1. The number of carbonyl (C=O) groups is 2. The van der Waals surface area contributed by atoms with E-state index in [0.29, 0.717) is 39.2 Å². The molecule has 1 heterocycles. The Labute approximate surface area is 154 Å². The molecule has 144 valence electrons. The number of quaternary nitrogens is 1. The van der Waals surface area contributed by atoms with Gasteiger partial charge in [0.15, 0.2) is 6.61 Å². The average molecular weight is 364 g/mol. The van der Waals surface area contributed by atoms with Crippen molar-refractivity contribution in [3.8, 4) is 5.75 Å². The van der Waals surface area contributed by atoms with Crippen molar-refractivity contribution in [1.82, 2.24) is 5.32 Å². The van der Waals surface area contributed by atoms with E-state index in [1.54, 1.807) is 0 Å². The minimum Gasteiger partial charge on any atom is -0.633 e. The van der Waals surface area contributed by atoms with Crippen LogP contribution in [0.4, 0.5) is 0 Å². The van der Waals surface area contributed by atoms with E-state index >= 15 is 0 Å².